The molecule has 1 N–H and O–H groups in total. The second kappa shape index (κ2) is 11.7. The topological polar surface area (TPSA) is 58.6 Å². The molecule has 0 heterocycles. The Balaban J connectivity index is 1.78. The van der Waals surface area contributed by atoms with Crippen molar-refractivity contribution >= 4 is 11.8 Å². The Morgan fingerprint density at radius 1 is 1.03 bits per heavy atom. The molecule has 0 unspecified atom stereocenters. The van der Waals surface area contributed by atoms with Crippen LogP contribution in [-0.4, -0.2) is 35.9 Å². The summed E-state index contributed by atoms with van der Waals surface area (Å²) in [5, 5.41) is 3.17. The smallest absolute Gasteiger partial charge is 0.243 e. The number of amides is 2. The molecule has 1 fully saturated rings. The van der Waals surface area contributed by atoms with Gasteiger partial charge in [-0.25, -0.2) is 4.39 Å². The molecule has 0 aromatic heterocycles. The molecule has 3 rings (SSSR count). The standard InChI is InChI=1S/C26H33FN2O3/c1-3-24(26(31)28-22-7-5-4-6-8-22)29(18-20-9-13-21(27)14-10-20)25(30)17-19-11-15-23(32-2)16-12-19/h9-16,22,24H,3-8,17-18H2,1-2H3,(H,28,31)/t24-/m0/s1. The lowest BCUT2D eigenvalue weighted by molar-refractivity contribution is -0.141. The van der Waals surface area contributed by atoms with E-state index in [9.17, 15) is 14.0 Å². The zero-order valence-corrected chi connectivity index (χ0v) is 19.0. The number of ether oxygens (including phenoxy) is 1. The first-order chi connectivity index (χ1) is 15.5. The predicted molar refractivity (Wildman–Crippen MR) is 123 cm³/mol. The molecule has 172 valence electrons. The molecule has 2 aromatic carbocycles. The van der Waals surface area contributed by atoms with Gasteiger partial charge in [-0.05, 0) is 54.7 Å². The van der Waals surface area contributed by atoms with Gasteiger partial charge in [-0.2, -0.15) is 0 Å². The Bertz CT molecular complexity index is 877. The third-order valence-electron chi connectivity index (χ3n) is 6.12. The van der Waals surface area contributed by atoms with Gasteiger partial charge in [0.05, 0.1) is 13.5 Å². The Labute approximate surface area is 190 Å². The molecule has 1 atom stereocenters. The van der Waals surface area contributed by atoms with Crippen molar-refractivity contribution in [2.45, 2.75) is 70.5 Å². The van der Waals surface area contributed by atoms with Crippen molar-refractivity contribution in [3.8, 4) is 5.75 Å². The molecule has 5 nitrogen and oxygen atoms in total. The minimum atomic E-state index is -0.576. The van der Waals surface area contributed by atoms with Crippen LogP contribution in [0, 0.1) is 5.82 Å². The fraction of sp³-hybridized carbons (Fsp3) is 0.462. The molecule has 1 saturated carbocycles. The van der Waals surface area contributed by atoms with E-state index in [1.54, 1.807) is 24.1 Å². The largest absolute Gasteiger partial charge is 0.497 e. The summed E-state index contributed by atoms with van der Waals surface area (Å²) in [7, 11) is 1.60. The third kappa shape index (κ3) is 6.55. The van der Waals surface area contributed by atoms with Crippen molar-refractivity contribution in [1.82, 2.24) is 10.2 Å². The Morgan fingerprint density at radius 3 is 2.25 bits per heavy atom. The van der Waals surface area contributed by atoms with Crippen LogP contribution in [0.3, 0.4) is 0 Å². The summed E-state index contributed by atoms with van der Waals surface area (Å²) in [6.45, 7) is 2.18. The first-order valence-corrected chi connectivity index (χ1v) is 11.5. The van der Waals surface area contributed by atoms with Gasteiger partial charge in [-0.15, -0.1) is 0 Å². The molecule has 0 bridgehead atoms. The molecule has 0 saturated heterocycles. The minimum absolute atomic E-state index is 0.107. The van der Waals surface area contributed by atoms with Gasteiger partial charge in [0.2, 0.25) is 11.8 Å². The van der Waals surface area contributed by atoms with Crippen molar-refractivity contribution < 1.29 is 18.7 Å². The maximum Gasteiger partial charge on any atom is 0.243 e. The van der Waals surface area contributed by atoms with Gasteiger partial charge in [-0.1, -0.05) is 50.5 Å². The van der Waals surface area contributed by atoms with E-state index in [1.807, 2.05) is 31.2 Å². The SMILES string of the molecule is CC[C@@H](C(=O)NC1CCCCC1)N(Cc1ccc(F)cc1)C(=O)Cc1ccc(OC)cc1. The van der Waals surface area contributed by atoms with Gasteiger partial charge in [-0.3, -0.25) is 9.59 Å². The first kappa shape index (κ1) is 23.8. The summed E-state index contributed by atoms with van der Waals surface area (Å²) >= 11 is 0. The molecule has 6 heteroatoms. The normalized spacial score (nSPS) is 15.1. The number of carbonyl (C=O) groups excluding carboxylic acids is 2. The van der Waals surface area contributed by atoms with Gasteiger partial charge < -0.3 is 15.0 Å². The molecular formula is C26H33FN2O3. The quantitative estimate of drug-likeness (QED) is 0.618. The summed E-state index contributed by atoms with van der Waals surface area (Å²) < 4.78 is 18.6. The predicted octanol–water partition coefficient (Wildman–Crippen LogP) is 4.63. The van der Waals surface area contributed by atoms with E-state index in [1.165, 1.54) is 18.6 Å². The number of nitrogens with one attached hydrogen (secondary N) is 1. The van der Waals surface area contributed by atoms with E-state index in [0.717, 1.165) is 42.6 Å². The number of nitrogens with zero attached hydrogens (tertiary/aromatic N) is 1. The fourth-order valence-corrected chi connectivity index (χ4v) is 4.27. The molecule has 1 aliphatic carbocycles. The molecule has 0 radical (unpaired) electrons. The highest BCUT2D eigenvalue weighted by atomic mass is 19.1. The number of carbonyl (C=O) groups is 2. The van der Waals surface area contributed by atoms with Crippen LogP contribution in [-0.2, 0) is 22.6 Å². The van der Waals surface area contributed by atoms with Crippen LogP contribution in [0.2, 0.25) is 0 Å². The zero-order chi connectivity index (χ0) is 22.9. The monoisotopic (exact) mass is 440 g/mol. The highest BCUT2D eigenvalue weighted by Gasteiger charge is 2.30. The van der Waals surface area contributed by atoms with Crippen LogP contribution in [0.15, 0.2) is 48.5 Å². The van der Waals surface area contributed by atoms with Crippen LogP contribution >= 0.6 is 0 Å². The van der Waals surface area contributed by atoms with E-state index in [0.29, 0.717) is 6.42 Å². The number of halogens is 1. The van der Waals surface area contributed by atoms with Gasteiger partial charge >= 0.3 is 0 Å². The molecule has 0 spiro atoms. The minimum Gasteiger partial charge on any atom is -0.497 e. The maximum absolute atomic E-state index is 13.4. The third-order valence-corrected chi connectivity index (χ3v) is 6.12. The lowest BCUT2D eigenvalue weighted by atomic mass is 9.95. The van der Waals surface area contributed by atoms with Crippen LogP contribution < -0.4 is 10.1 Å². The van der Waals surface area contributed by atoms with Crippen molar-refractivity contribution in [3.63, 3.8) is 0 Å². The van der Waals surface area contributed by atoms with Crippen LogP contribution in [0.25, 0.3) is 0 Å². The van der Waals surface area contributed by atoms with Gasteiger partial charge in [0, 0.05) is 12.6 Å². The van der Waals surface area contributed by atoms with Crippen molar-refractivity contribution in [1.29, 1.82) is 0 Å². The molecular weight excluding hydrogens is 407 g/mol. The average Bonchev–Trinajstić information content (AvgIpc) is 2.81. The summed E-state index contributed by atoms with van der Waals surface area (Å²) in [5.41, 5.74) is 1.64. The van der Waals surface area contributed by atoms with Gasteiger partial charge in [0.1, 0.15) is 17.6 Å². The highest BCUT2D eigenvalue weighted by molar-refractivity contribution is 5.88. The molecule has 2 aromatic rings. The average molecular weight is 441 g/mol. The fourth-order valence-electron chi connectivity index (χ4n) is 4.27. The number of hydrogen-bond donors (Lipinski definition) is 1. The van der Waals surface area contributed by atoms with E-state index in [4.69, 9.17) is 4.74 Å². The van der Waals surface area contributed by atoms with Crippen LogP contribution in [0.1, 0.15) is 56.6 Å². The van der Waals surface area contributed by atoms with Gasteiger partial charge in [0.15, 0.2) is 0 Å². The van der Waals surface area contributed by atoms with Gasteiger partial charge in [0.25, 0.3) is 0 Å². The lowest BCUT2D eigenvalue weighted by Crippen LogP contribution is -2.51. The summed E-state index contributed by atoms with van der Waals surface area (Å²) in [5.74, 6) is 0.157. The van der Waals surface area contributed by atoms with Crippen molar-refractivity contribution in [3.05, 3.63) is 65.5 Å². The van der Waals surface area contributed by atoms with Crippen molar-refractivity contribution in [2.75, 3.05) is 7.11 Å². The number of rotatable bonds is 9. The molecule has 32 heavy (non-hydrogen) atoms. The van der Waals surface area contributed by atoms with Crippen LogP contribution in [0.5, 0.6) is 5.75 Å². The van der Waals surface area contributed by atoms with E-state index < -0.39 is 6.04 Å². The van der Waals surface area contributed by atoms with Crippen molar-refractivity contribution in [2.24, 2.45) is 0 Å². The van der Waals surface area contributed by atoms with E-state index in [2.05, 4.69) is 5.32 Å². The molecule has 2 amide bonds. The first-order valence-electron chi connectivity index (χ1n) is 11.5. The Morgan fingerprint density at radius 2 is 1.66 bits per heavy atom. The highest BCUT2D eigenvalue weighted by Crippen LogP contribution is 2.20. The number of hydrogen-bond acceptors (Lipinski definition) is 3. The second-order valence-corrected chi connectivity index (χ2v) is 8.44. The number of benzene rings is 2. The maximum atomic E-state index is 13.4. The number of methoxy groups -OCH3 is 1. The van der Waals surface area contributed by atoms with E-state index >= 15 is 0 Å². The Hall–Kier alpha value is -2.89. The van der Waals surface area contributed by atoms with Crippen LogP contribution in [0.4, 0.5) is 4.39 Å². The summed E-state index contributed by atoms with van der Waals surface area (Å²) in [4.78, 5) is 28.2. The second-order valence-electron chi connectivity index (χ2n) is 8.44. The summed E-state index contributed by atoms with van der Waals surface area (Å²) in [6.07, 6.45) is 6.11. The molecule has 0 aliphatic heterocycles. The lowest BCUT2D eigenvalue weighted by Gasteiger charge is -2.33. The Kier molecular flexibility index (Phi) is 8.65. The van der Waals surface area contributed by atoms with E-state index in [-0.39, 0.29) is 36.6 Å². The summed E-state index contributed by atoms with van der Waals surface area (Å²) in [6, 6.07) is 13.0. The zero-order valence-electron chi connectivity index (χ0n) is 19.0. The molecule has 1 aliphatic rings.